The summed E-state index contributed by atoms with van der Waals surface area (Å²) in [6, 6.07) is 25.0. The minimum absolute atomic E-state index is 0.0395. The zero-order valence-electron chi connectivity index (χ0n) is 18.5. The van der Waals surface area contributed by atoms with Crippen LogP contribution in [0, 0.1) is 0 Å². The summed E-state index contributed by atoms with van der Waals surface area (Å²) in [6.07, 6.45) is 1.50. The van der Waals surface area contributed by atoms with Crippen LogP contribution in [0.1, 0.15) is 16.7 Å². The number of amides is 2. The molecule has 0 saturated carbocycles. The van der Waals surface area contributed by atoms with Crippen molar-refractivity contribution in [3.05, 3.63) is 101 Å². The molecule has 0 atom stereocenters. The number of carbonyl (C=O) groups is 2. The fourth-order valence-corrected chi connectivity index (χ4v) is 4.07. The van der Waals surface area contributed by atoms with Crippen molar-refractivity contribution in [3.8, 4) is 5.75 Å². The van der Waals surface area contributed by atoms with E-state index in [1.54, 1.807) is 29.2 Å². The molecule has 0 spiro atoms. The van der Waals surface area contributed by atoms with E-state index in [0.717, 1.165) is 12.0 Å². The summed E-state index contributed by atoms with van der Waals surface area (Å²) in [7, 11) is 0. The van der Waals surface area contributed by atoms with Gasteiger partial charge in [-0.1, -0.05) is 66.2 Å². The second-order valence-corrected chi connectivity index (χ2v) is 8.56. The molecule has 170 valence electrons. The second kappa shape index (κ2) is 11.0. The molecule has 1 aliphatic heterocycles. The zero-order chi connectivity index (χ0) is 23.0. The van der Waals surface area contributed by atoms with Gasteiger partial charge in [0, 0.05) is 24.7 Å². The van der Waals surface area contributed by atoms with Crippen LogP contribution in [0.4, 0.5) is 0 Å². The highest BCUT2D eigenvalue weighted by Crippen LogP contribution is 2.19. The van der Waals surface area contributed by atoms with E-state index in [-0.39, 0.29) is 25.0 Å². The smallest absolute Gasteiger partial charge is 0.260 e. The van der Waals surface area contributed by atoms with Crippen LogP contribution in [0.25, 0.3) is 0 Å². The number of nitrogens with zero attached hydrogens (tertiary/aromatic N) is 2. The molecule has 2 amide bonds. The van der Waals surface area contributed by atoms with E-state index in [4.69, 9.17) is 16.3 Å². The van der Waals surface area contributed by atoms with E-state index in [1.807, 2.05) is 47.4 Å². The molecule has 0 radical (unpaired) electrons. The maximum Gasteiger partial charge on any atom is 0.260 e. The first-order valence-electron chi connectivity index (χ1n) is 11.1. The Morgan fingerprint density at radius 1 is 0.909 bits per heavy atom. The van der Waals surface area contributed by atoms with Crippen LogP contribution in [0.15, 0.2) is 78.9 Å². The van der Waals surface area contributed by atoms with Gasteiger partial charge in [0.05, 0.1) is 6.54 Å². The number of carbonyl (C=O) groups excluding carboxylic acids is 2. The molecule has 0 N–H and O–H groups in total. The summed E-state index contributed by atoms with van der Waals surface area (Å²) in [6.45, 7) is 1.60. The third kappa shape index (κ3) is 6.36. The number of ether oxygens (including phenoxy) is 1. The number of benzene rings is 3. The van der Waals surface area contributed by atoms with Gasteiger partial charge in [-0.2, -0.15) is 0 Å². The number of halogens is 1. The van der Waals surface area contributed by atoms with E-state index in [1.165, 1.54) is 11.1 Å². The molecule has 0 aromatic heterocycles. The molecule has 3 aromatic rings. The van der Waals surface area contributed by atoms with Crippen molar-refractivity contribution in [1.29, 1.82) is 0 Å². The quantitative estimate of drug-likeness (QED) is 0.499. The average molecular weight is 463 g/mol. The molecular weight excluding hydrogens is 436 g/mol. The van der Waals surface area contributed by atoms with E-state index < -0.39 is 0 Å². The summed E-state index contributed by atoms with van der Waals surface area (Å²) in [5.41, 5.74) is 3.58. The van der Waals surface area contributed by atoms with Gasteiger partial charge in [0.2, 0.25) is 5.91 Å². The fourth-order valence-electron chi connectivity index (χ4n) is 3.94. The standard InChI is InChI=1S/C27H27ClN2O3/c28-24-10-12-25(13-11-24)33-20-27(32)30(16-14-21-6-2-1-3-7-21)19-26(31)29-17-15-22-8-4-5-9-23(22)18-29/h1-13H,14-20H2. The highest BCUT2D eigenvalue weighted by Gasteiger charge is 2.24. The Labute approximate surface area is 199 Å². The van der Waals surface area contributed by atoms with Crippen molar-refractivity contribution in [2.45, 2.75) is 19.4 Å². The SMILES string of the molecule is O=C(COc1ccc(Cl)cc1)N(CCc1ccccc1)CC(=O)N1CCc2ccccc2C1. The van der Waals surface area contributed by atoms with Crippen molar-refractivity contribution >= 4 is 23.4 Å². The molecule has 1 aliphatic rings. The molecule has 6 heteroatoms. The predicted molar refractivity (Wildman–Crippen MR) is 129 cm³/mol. The van der Waals surface area contributed by atoms with Gasteiger partial charge in [-0.3, -0.25) is 9.59 Å². The molecule has 33 heavy (non-hydrogen) atoms. The van der Waals surface area contributed by atoms with Crippen LogP contribution in [0.5, 0.6) is 5.75 Å². The predicted octanol–water partition coefficient (Wildman–Crippen LogP) is 4.38. The minimum Gasteiger partial charge on any atom is -0.484 e. The van der Waals surface area contributed by atoms with Gasteiger partial charge in [-0.15, -0.1) is 0 Å². The number of hydrogen-bond donors (Lipinski definition) is 0. The Bertz CT molecular complexity index is 1090. The lowest BCUT2D eigenvalue weighted by Gasteiger charge is -2.31. The van der Waals surface area contributed by atoms with Crippen molar-refractivity contribution in [1.82, 2.24) is 9.80 Å². The largest absolute Gasteiger partial charge is 0.484 e. The van der Waals surface area contributed by atoms with E-state index in [9.17, 15) is 9.59 Å². The second-order valence-electron chi connectivity index (χ2n) is 8.13. The summed E-state index contributed by atoms with van der Waals surface area (Å²) < 4.78 is 5.65. The van der Waals surface area contributed by atoms with Crippen LogP contribution in [0.3, 0.4) is 0 Å². The summed E-state index contributed by atoms with van der Waals surface area (Å²) in [4.78, 5) is 29.6. The lowest BCUT2D eigenvalue weighted by Crippen LogP contribution is -2.46. The topological polar surface area (TPSA) is 49.9 Å². The zero-order valence-corrected chi connectivity index (χ0v) is 19.2. The molecule has 0 unspecified atom stereocenters. The van der Waals surface area contributed by atoms with Crippen molar-refractivity contribution < 1.29 is 14.3 Å². The molecule has 3 aromatic carbocycles. The van der Waals surface area contributed by atoms with E-state index >= 15 is 0 Å². The maximum absolute atomic E-state index is 13.1. The third-order valence-corrected chi connectivity index (χ3v) is 6.10. The summed E-state index contributed by atoms with van der Waals surface area (Å²) >= 11 is 5.91. The molecule has 0 saturated heterocycles. The van der Waals surface area contributed by atoms with Gasteiger partial charge in [-0.05, 0) is 53.8 Å². The summed E-state index contributed by atoms with van der Waals surface area (Å²) in [5, 5.41) is 0.604. The third-order valence-electron chi connectivity index (χ3n) is 5.85. The van der Waals surface area contributed by atoms with Gasteiger partial charge in [0.1, 0.15) is 5.75 Å². The number of hydrogen-bond acceptors (Lipinski definition) is 3. The van der Waals surface area contributed by atoms with Gasteiger partial charge >= 0.3 is 0 Å². The highest BCUT2D eigenvalue weighted by molar-refractivity contribution is 6.30. The molecule has 0 bridgehead atoms. The first-order chi connectivity index (χ1) is 16.1. The molecule has 0 aliphatic carbocycles. The Hall–Kier alpha value is -3.31. The van der Waals surface area contributed by atoms with Crippen LogP contribution < -0.4 is 4.74 Å². The Morgan fingerprint density at radius 3 is 2.36 bits per heavy atom. The summed E-state index contributed by atoms with van der Waals surface area (Å²) in [5.74, 6) is 0.304. The van der Waals surface area contributed by atoms with Crippen LogP contribution in [0.2, 0.25) is 5.02 Å². The average Bonchev–Trinajstić information content (AvgIpc) is 2.86. The molecular formula is C27H27ClN2O3. The molecule has 1 heterocycles. The van der Waals surface area contributed by atoms with Crippen molar-refractivity contribution in [2.75, 3.05) is 26.2 Å². The van der Waals surface area contributed by atoms with Crippen LogP contribution in [-0.4, -0.2) is 47.9 Å². The maximum atomic E-state index is 13.1. The van der Waals surface area contributed by atoms with Crippen molar-refractivity contribution in [3.63, 3.8) is 0 Å². The fraction of sp³-hybridized carbons (Fsp3) is 0.259. The van der Waals surface area contributed by atoms with E-state index in [0.29, 0.717) is 36.8 Å². The van der Waals surface area contributed by atoms with Crippen molar-refractivity contribution in [2.24, 2.45) is 0 Å². The normalized spacial score (nSPS) is 12.7. The van der Waals surface area contributed by atoms with Crippen LogP contribution >= 0.6 is 11.6 Å². The van der Waals surface area contributed by atoms with Gasteiger partial charge < -0.3 is 14.5 Å². The molecule has 4 rings (SSSR count). The molecule has 0 fully saturated rings. The van der Waals surface area contributed by atoms with E-state index in [2.05, 4.69) is 12.1 Å². The Kier molecular flexibility index (Phi) is 7.63. The molecule has 5 nitrogen and oxygen atoms in total. The number of fused-ring (bicyclic) bond motifs is 1. The highest BCUT2D eigenvalue weighted by atomic mass is 35.5. The van der Waals surface area contributed by atoms with Gasteiger partial charge in [0.15, 0.2) is 6.61 Å². The minimum atomic E-state index is -0.216. The Balaban J connectivity index is 1.40. The first-order valence-corrected chi connectivity index (χ1v) is 11.5. The van der Waals surface area contributed by atoms with Gasteiger partial charge in [-0.25, -0.2) is 0 Å². The first kappa shape index (κ1) is 22.9. The lowest BCUT2D eigenvalue weighted by atomic mass is 10.00. The monoisotopic (exact) mass is 462 g/mol. The van der Waals surface area contributed by atoms with Crippen LogP contribution in [-0.2, 0) is 29.0 Å². The van der Waals surface area contributed by atoms with Gasteiger partial charge in [0.25, 0.3) is 5.91 Å². The Morgan fingerprint density at radius 2 is 1.61 bits per heavy atom. The lowest BCUT2D eigenvalue weighted by molar-refractivity contribution is -0.142. The number of rotatable bonds is 8.